The van der Waals surface area contributed by atoms with Crippen LogP contribution in [0.2, 0.25) is 0 Å². The quantitative estimate of drug-likeness (QED) is 0.871. The van der Waals surface area contributed by atoms with Crippen molar-refractivity contribution in [2.75, 3.05) is 4.72 Å². The highest BCUT2D eigenvalue weighted by atomic mass is 32.2. The highest BCUT2D eigenvalue weighted by molar-refractivity contribution is 7.92. The van der Waals surface area contributed by atoms with E-state index in [1.807, 2.05) is 19.1 Å². The van der Waals surface area contributed by atoms with E-state index in [2.05, 4.69) is 15.6 Å². The molecule has 0 amide bonds. The van der Waals surface area contributed by atoms with Gasteiger partial charge in [-0.3, -0.25) is 4.72 Å². The van der Waals surface area contributed by atoms with Gasteiger partial charge in [0.05, 0.1) is 11.5 Å². The lowest BCUT2D eigenvalue weighted by Crippen LogP contribution is -2.13. The van der Waals surface area contributed by atoms with Gasteiger partial charge in [0, 0.05) is 5.69 Å². The molecule has 0 unspecified atom stereocenters. The molecule has 1 aliphatic carbocycles. The summed E-state index contributed by atoms with van der Waals surface area (Å²) < 4.78 is 27.4. The molecule has 1 N–H and O–H groups in total. The summed E-state index contributed by atoms with van der Waals surface area (Å²) in [6, 6.07) is 11.6. The summed E-state index contributed by atoms with van der Waals surface area (Å²) in [4.78, 5) is 3.35. The summed E-state index contributed by atoms with van der Waals surface area (Å²) >= 11 is 0. The minimum atomic E-state index is -3.69. The third-order valence-corrected chi connectivity index (χ3v) is 5.05. The van der Waals surface area contributed by atoms with Crippen molar-refractivity contribution >= 4 is 27.0 Å². The zero-order valence-electron chi connectivity index (χ0n) is 12.0. The van der Waals surface area contributed by atoms with Gasteiger partial charge in [0.2, 0.25) is 0 Å². The van der Waals surface area contributed by atoms with Crippen LogP contribution in [0.3, 0.4) is 0 Å². The maximum Gasteiger partial charge on any atom is 0.260 e. The molecule has 2 aromatic carbocycles. The van der Waals surface area contributed by atoms with E-state index in [9.17, 15) is 8.42 Å². The van der Waals surface area contributed by atoms with Crippen LogP contribution in [-0.2, 0) is 16.4 Å². The molecule has 0 fully saturated rings. The molecule has 0 bridgehead atoms. The second-order valence-corrected chi connectivity index (χ2v) is 6.86. The first-order valence-electron chi connectivity index (χ1n) is 6.80. The number of allylic oxidation sites excluding steroid dienone is 2. The summed E-state index contributed by atoms with van der Waals surface area (Å²) in [5.41, 5.74) is 4.34. The topological polar surface area (TPSA) is 50.5 Å². The van der Waals surface area contributed by atoms with Gasteiger partial charge in [-0.2, -0.15) is 0 Å². The van der Waals surface area contributed by atoms with Crippen LogP contribution in [0.25, 0.3) is 10.4 Å². The van der Waals surface area contributed by atoms with Crippen LogP contribution in [-0.4, -0.2) is 8.42 Å². The van der Waals surface area contributed by atoms with Crippen molar-refractivity contribution in [3.8, 4) is 0 Å². The van der Waals surface area contributed by atoms with Crippen LogP contribution < -0.4 is 4.72 Å². The first-order valence-corrected chi connectivity index (χ1v) is 8.28. The van der Waals surface area contributed by atoms with Crippen LogP contribution in [0.1, 0.15) is 18.1 Å². The minimum Gasteiger partial charge on any atom is -0.280 e. The summed E-state index contributed by atoms with van der Waals surface area (Å²) in [6.07, 6.45) is 2.95. The SMILES string of the molecule is [C-]#[N+]c1cccc(S(=O)(=O)Nc2ccc3c(c2)CC=C3C)c1. The summed E-state index contributed by atoms with van der Waals surface area (Å²) in [5.74, 6) is 0. The summed E-state index contributed by atoms with van der Waals surface area (Å²) in [6.45, 7) is 9.02. The number of sulfonamides is 1. The number of hydrogen-bond donors (Lipinski definition) is 1. The van der Waals surface area contributed by atoms with Gasteiger partial charge >= 0.3 is 0 Å². The van der Waals surface area contributed by atoms with Gasteiger partial charge < -0.3 is 0 Å². The van der Waals surface area contributed by atoms with E-state index in [0.717, 1.165) is 17.5 Å². The Labute approximate surface area is 130 Å². The molecule has 0 atom stereocenters. The van der Waals surface area contributed by atoms with E-state index in [-0.39, 0.29) is 4.90 Å². The Hall–Kier alpha value is -2.58. The van der Waals surface area contributed by atoms with E-state index >= 15 is 0 Å². The van der Waals surface area contributed by atoms with Crippen LogP contribution in [0, 0.1) is 6.57 Å². The fraction of sp³-hybridized carbons (Fsp3) is 0.118. The number of hydrogen-bond acceptors (Lipinski definition) is 2. The molecule has 0 aromatic heterocycles. The van der Waals surface area contributed by atoms with Gasteiger partial charge in [0.15, 0.2) is 5.69 Å². The minimum absolute atomic E-state index is 0.0933. The Kier molecular flexibility index (Phi) is 3.47. The molecular formula is C17H14N2O2S. The van der Waals surface area contributed by atoms with Crippen molar-refractivity contribution < 1.29 is 8.42 Å². The van der Waals surface area contributed by atoms with Crippen molar-refractivity contribution in [1.82, 2.24) is 0 Å². The third kappa shape index (κ3) is 2.61. The number of nitrogens with one attached hydrogen (secondary N) is 1. The molecule has 0 aliphatic heterocycles. The summed E-state index contributed by atoms with van der Waals surface area (Å²) in [7, 11) is -3.69. The smallest absolute Gasteiger partial charge is 0.260 e. The van der Waals surface area contributed by atoms with Crippen LogP contribution in [0.4, 0.5) is 11.4 Å². The van der Waals surface area contributed by atoms with Gasteiger partial charge in [-0.05, 0) is 54.3 Å². The molecule has 0 radical (unpaired) electrons. The van der Waals surface area contributed by atoms with Crippen LogP contribution in [0.5, 0.6) is 0 Å². The number of nitrogens with zero attached hydrogens (tertiary/aromatic N) is 1. The Balaban J connectivity index is 1.91. The number of benzene rings is 2. The Morgan fingerprint density at radius 1 is 1.18 bits per heavy atom. The monoisotopic (exact) mass is 310 g/mol. The standard InChI is InChI=1S/C17H14N2O2S/c1-12-6-7-13-10-15(8-9-17(12)13)19-22(20,21)16-5-3-4-14(11-16)18-2/h3-6,8-11,19H,7H2,1H3. The molecule has 22 heavy (non-hydrogen) atoms. The molecule has 0 heterocycles. The van der Waals surface area contributed by atoms with Gasteiger partial charge in [0.25, 0.3) is 10.0 Å². The van der Waals surface area contributed by atoms with Crippen LogP contribution in [0.15, 0.2) is 53.4 Å². The van der Waals surface area contributed by atoms with Crippen molar-refractivity contribution in [2.45, 2.75) is 18.2 Å². The number of fused-ring (bicyclic) bond motifs is 1. The highest BCUT2D eigenvalue weighted by Gasteiger charge is 2.16. The van der Waals surface area contributed by atoms with Crippen molar-refractivity contribution in [1.29, 1.82) is 0 Å². The van der Waals surface area contributed by atoms with E-state index in [0.29, 0.717) is 11.4 Å². The lowest BCUT2D eigenvalue weighted by molar-refractivity contribution is 0.601. The summed E-state index contributed by atoms with van der Waals surface area (Å²) in [5, 5.41) is 0. The molecule has 2 aromatic rings. The van der Waals surface area contributed by atoms with Crippen LogP contribution >= 0.6 is 0 Å². The Morgan fingerprint density at radius 2 is 2.00 bits per heavy atom. The maximum absolute atomic E-state index is 12.4. The zero-order chi connectivity index (χ0) is 15.7. The van der Waals surface area contributed by atoms with E-state index in [4.69, 9.17) is 6.57 Å². The normalized spacial score (nSPS) is 13.2. The van der Waals surface area contributed by atoms with E-state index in [1.165, 1.54) is 17.7 Å². The average Bonchev–Trinajstić information content (AvgIpc) is 2.88. The van der Waals surface area contributed by atoms with E-state index < -0.39 is 10.0 Å². The predicted octanol–water partition coefficient (Wildman–Crippen LogP) is 4.00. The highest BCUT2D eigenvalue weighted by Crippen LogP contribution is 2.30. The largest absolute Gasteiger partial charge is 0.280 e. The lowest BCUT2D eigenvalue weighted by Gasteiger charge is -2.10. The first kappa shape index (κ1) is 14.4. The number of anilines is 1. The average molecular weight is 310 g/mol. The van der Waals surface area contributed by atoms with Gasteiger partial charge in [-0.15, -0.1) is 0 Å². The fourth-order valence-corrected chi connectivity index (χ4v) is 3.61. The zero-order valence-corrected chi connectivity index (χ0v) is 12.8. The molecular weight excluding hydrogens is 296 g/mol. The molecule has 0 saturated carbocycles. The van der Waals surface area contributed by atoms with Gasteiger partial charge in [-0.1, -0.05) is 24.3 Å². The number of rotatable bonds is 3. The molecule has 110 valence electrons. The Bertz CT molecular complexity index is 922. The Morgan fingerprint density at radius 3 is 2.77 bits per heavy atom. The molecule has 3 rings (SSSR count). The van der Waals surface area contributed by atoms with Gasteiger partial charge in [0.1, 0.15) is 0 Å². The fourth-order valence-electron chi connectivity index (χ4n) is 2.52. The van der Waals surface area contributed by atoms with E-state index in [1.54, 1.807) is 18.2 Å². The second-order valence-electron chi connectivity index (χ2n) is 5.18. The van der Waals surface area contributed by atoms with Gasteiger partial charge in [-0.25, -0.2) is 13.3 Å². The molecule has 5 heteroatoms. The predicted molar refractivity (Wildman–Crippen MR) is 87.3 cm³/mol. The lowest BCUT2D eigenvalue weighted by atomic mass is 10.1. The van der Waals surface area contributed by atoms with Crippen molar-refractivity contribution in [2.24, 2.45) is 0 Å². The maximum atomic E-state index is 12.4. The molecule has 0 saturated heterocycles. The molecule has 0 spiro atoms. The molecule has 1 aliphatic rings. The molecule has 4 nitrogen and oxygen atoms in total. The van der Waals surface area contributed by atoms with Crippen molar-refractivity contribution in [3.05, 3.63) is 71.1 Å². The second kappa shape index (κ2) is 5.32. The first-order chi connectivity index (χ1) is 10.5. The van der Waals surface area contributed by atoms with Crippen molar-refractivity contribution in [3.63, 3.8) is 0 Å². The third-order valence-electron chi connectivity index (χ3n) is 3.67.